The first-order valence-corrected chi connectivity index (χ1v) is 9.87. The molecule has 0 aromatic carbocycles. The van der Waals surface area contributed by atoms with Gasteiger partial charge in [0.15, 0.2) is 0 Å². The second-order valence-corrected chi connectivity index (χ2v) is 7.43. The highest BCUT2D eigenvalue weighted by Crippen LogP contribution is 2.36. The van der Waals surface area contributed by atoms with Crippen LogP contribution in [0.1, 0.15) is 48.8 Å². The average molecular weight is 378 g/mol. The number of carbonyl (C=O) groups excluding carboxylic acids is 1. The van der Waals surface area contributed by atoms with Gasteiger partial charge in [0.1, 0.15) is 0 Å². The summed E-state index contributed by atoms with van der Waals surface area (Å²) in [5.41, 5.74) is 5.31. The minimum atomic E-state index is 0.0619. The summed E-state index contributed by atoms with van der Waals surface area (Å²) in [6.07, 6.45) is 8.71. The number of hydrogen-bond acceptors (Lipinski definition) is 4. The molecule has 1 atom stereocenters. The number of nitrogens with one attached hydrogen (secondary N) is 1. The van der Waals surface area contributed by atoms with Crippen LogP contribution in [0, 0.1) is 13.8 Å². The van der Waals surface area contributed by atoms with Crippen molar-refractivity contribution in [1.29, 1.82) is 0 Å². The first-order chi connectivity index (χ1) is 13.6. The largest absolute Gasteiger partial charge is 0.334 e. The normalized spacial score (nSPS) is 16.6. The fourth-order valence-electron chi connectivity index (χ4n) is 4.10. The number of rotatable bonds is 6. The van der Waals surface area contributed by atoms with Crippen molar-refractivity contribution in [2.75, 3.05) is 6.54 Å². The molecule has 1 aliphatic rings. The van der Waals surface area contributed by atoms with E-state index in [9.17, 15) is 4.79 Å². The Morgan fingerprint density at radius 1 is 1.29 bits per heavy atom. The summed E-state index contributed by atoms with van der Waals surface area (Å²) in [5, 5.41) is 11.9. The third-order valence-electron chi connectivity index (χ3n) is 5.43. The maximum Gasteiger partial charge on any atom is 0.223 e. The zero-order valence-electron chi connectivity index (χ0n) is 16.4. The van der Waals surface area contributed by atoms with Gasteiger partial charge in [-0.15, -0.1) is 0 Å². The van der Waals surface area contributed by atoms with E-state index in [1.807, 2.05) is 34.8 Å². The summed E-state index contributed by atoms with van der Waals surface area (Å²) in [5.74, 6) is 0.208. The van der Waals surface area contributed by atoms with Crippen molar-refractivity contribution in [1.82, 2.24) is 29.9 Å². The third kappa shape index (κ3) is 3.69. The third-order valence-corrected chi connectivity index (χ3v) is 5.43. The van der Waals surface area contributed by atoms with Crippen LogP contribution in [0.5, 0.6) is 0 Å². The van der Waals surface area contributed by atoms with Crippen molar-refractivity contribution in [3.05, 3.63) is 53.9 Å². The van der Waals surface area contributed by atoms with Crippen LogP contribution in [0.2, 0.25) is 0 Å². The number of hydrogen-bond donors (Lipinski definition) is 1. The maximum atomic E-state index is 12.9. The summed E-state index contributed by atoms with van der Waals surface area (Å²) < 4.78 is 1.99. The van der Waals surface area contributed by atoms with Gasteiger partial charge in [-0.2, -0.15) is 10.2 Å². The molecule has 4 heterocycles. The SMILES string of the molecule is Cc1cc(C)n(CCCC(=O)N2CCC[C@H]2c2[nH]ncc2-c2ccncc2)n1. The molecule has 4 rings (SSSR count). The van der Waals surface area contributed by atoms with Gasteiger partial charge in [0.2, 0.25) is 5.91 Å². The lowest BCUT2D eigenvalue weighted by Crippen LogP contribution is -2.31. The van der Waals surface area contributed by atoms with Crippen molar-refractivity contribution in [3.8, 4) is 11.1 Å². The Bertz CT molecular complexity index is 945. The number of amides is 1. The molecule has 7 nitrogen and oxygen atoms in total. The van der Waals surface area contributed by atoms with Gasteiger partial charge in [0.25, 0.3) is 0 Å². The second-order valence-electron chi connectivity index (χ2n) is 7.43. The first-order valence-electron chi connectivity index (χ1n) is 9.87. The zero-order valence-corrected chi connectivity index (χ0v) is 16.4. The number of aryl methyl sites for hydroxylation is 3. The first kappa shape index (κ1) is 18.4. The van der Waals surface area contributed by atoms with E-state index in [1.54, 1.807) is 12.4 Å². The Morgan fingerprint density at radius 2 is 2.11 bits per heavy atom. The summed E-state index contributed by atoms with van der Waals surface area (Å²) >= 11 is 0. The molecule has 7 heteroatoms. The van der Waals surface area contributed by atoms with Crippen LogP contribution < -0.4 is 0 Å². The molecule has 0 spiro atoms. The average Bonchev–Trinajstić information content (AvgIpc) is 3.42. The van der Waals surface area contributed by atoms with Crippen molar-refractivity contribution < 1.29 is 4.79 Å². The minimum absolute atomic E-state index is 0.0619. The topological polar surface area (TPSA) is 79.7 Å². The quantitative estimate of drug-likeness (QED) is 0.713. The number of carbonyl (C=O) groups is 1. The summed E-state index contributed by atoms with van der Waals surface area (Å²) in [6, 6.07) is 6.08. The van der Waals surface area contributed by atoms with E-state index in [0.717, 1.165) is 60.6 Å². The molecular weight excluding hydrogens is 352 g/mol. The van der Waals surface area contributed by atoms with Gasteiger partial charge < -0.3 is 4.90 Å². The van der Waals surface area contributed by atoms with Crippen LogP contribution in [0.4, 0.5) is 0 Å². The van der Waals surface area contributed by atoms with E-state index < -0.39 is 0 Å². The monoisotopic (exact) mass is 378 g/mol. The molecule has 0 radical (unpaired) electrons. The standard InChI is InChI=1S/C21H26N6O/c1-15-13-16(2)27(25-15)12-4-6-20(28)26-11-3-5-19(26)21-18(14-23-24-21)17-7-9-22-10-8-17/h7-10,13-14,19H,3-6,11-12H2,1-2H3,(H,23,24)/t19-/m0/s1. The van der Waals surface area contributed by atoms with E-state index >= 15 is 0 Å². The smallest absolute Gasteiger partial charge is 0.223 e. The Hall–Kier alpha value is -2.96. The van der Waals surface area contributed by atoms with Crippen molar-refractivity contribution in [2.24, 2.45) is 0 Å². The molecule has 146 valence electrons. The van der Waals surface area contributed by atoms with Gasteiger partial charge in [0, 0.05) is 43.2 Å². The zero-order chi connectivity index (χ0) is 19.5. The van der Waals surface area contributed by atoms with E-state index in [4.69, 9.17) is 0 Å². The Balaban J connectivity index is 1.43. The fourth-order valence-corrected chi connectivity index (χ4v) is 4.10. The highest BCUT2D eigenvalue weighted by molar-refractivity contribution is 5.77. The van der Waals surface area contributed by atoms with Crippen molar-refractivity contribution >= 4 is 5.91 Å². The van der Waals surface area contributed by atoms with Gasteiger partial charge >= 0.3 is 0 Å². The fraction of sp³-hybridized carbons (Fsp3) is 0.429. The Morgan fingerprint density at radius 3 is 2.86 bits per heavy atom. The number of nitrogens with zero attached hydrogens (tertiary/aromatic N) is 5. The van der Waals surface area contributed by atoms with Gasteiger partial charge in [-0.05, 0) is 56.9 Å². The Kier molecular flexibility index (Phi) is 5.23. The predicted octanol–water partition coefficient (Wildman–Crippen LogP) is 3.43. The number of likely N-dealkylation sites (tertiary alicyclic amines) is 1. The molecular formula is C21H26N6O. The lowest BCUT2D eigenvalue weighted by molar-refractivity contribution is -0.132. The predicted molar refractivity (Wildman–Crippen MR) is 106 cm³/mol. The van der Waals surface area contributed by atoms with E-state index in [-0.39, 0.29) is 11.9 Å². The molecule has 1 fully saturated rings. The van der Waals surface area contributed by atoms with Crippen LogP contribution in [0.3, 0.4) is 0 Å². The number of H-pyrrole nitrogens is 1. The molecule has 1 N–H and O–H groups in total. The lowest BCUT2D eigenvalue weighted by atomic mass is 10.0. The molecule has 3 aromatic rings. The Labute approximate surface area is 164 Å². The van der Waals surface area contributed by atoms with Crippen molar-refractivity contribution in [3.63, 3.8) is 0 Å². The van der Waals surface area contributed by atoms with Crippen LogP contribution in [-0.4, -0.2) is 42.3 Å². The molecule has 3 aromatic heterocycles. The molecule has 0 bridgehead atoms. The summed E-state index contributed by atoms with van der Waals surface area (Å²) in [7, 11) is 0. The molecule has 1 amide bonds. The van der Waals surface area contributed by atoms with Crippen molar-refractivity contribution in [2.45, 2.75) is 52.1 Å². The molecule has 0 saturated carbocycles. The second kappa shape index (κ2) is 7.96. The number of aromatic amines is 1. The molecule has 28 heavy (non-hydrogen) atoms. The van der Waals surface area contributed by atoms with Crippen LogP contribution in [0.15, 0.2) is 36.8 Å². The minimum Gasteiger partial charge on any atom is -0.334 e. The molecule has 0 unspecified atom stereocenters. The lowest BCUT2D eigenvalue weighted by Gasteiger charge is -2.25. The molecule has 0 aliphatic carbocycles. The highest BCUT2D eigenvalue weighted by Gasteiger charge is 2.32. The van der Waals surface area contributed by atoms with Gasteiger partial charge in [-0.25, -0.2) is 0 Å². The van der Waals surface area contributed by atoms with Gasteiger partial charge in [0.05, 0.1) is 23.6 Å². The van der Waals surface area contributed by atoms with Crippen LogP contribution in [-0.2, 0) is 11.3 Å². The highest BCUT2D eigenvalue weighted by atomic mass is 16.2. The molecule has 1 saturated heterocycles. The molecule has 1 aliphatic heterocycles. The van der Waals surface area contributed by atoms with E-state index in [1.165, 1.54) is 0 Å². The summed E-state index contributed by atoms with van der Waals surface area (Å²) in [4.78, 5) is 19.0. The van der Waals surface area contributed by atoms with Crippen LogP contribution in [0.25, 0.3) is 11.1 Å². The van der Waals surface area contributed by atoms with E-state index in [2.05, 4.69) is 33.3 Å². The van der Waals surface area contributed by atoms with Gasteiger partial charge in [-0.1, -0.05) is 0 Å². The van der Waals surface area contributed by atoms with E-state index in [0.29, 0.717) is 6.42 Å². The van der Waals surface area contributed by atoms with Gasteiger partial charge in [-0.3, -0.25) is 19.6 Å². The number of aromatic nitrogens is 5. The summed E-state index contributed by atoms with van der Waals surface area (Å²) in [6.45, 7) is 5.62. The number of pyridine rings is 1. The van der Waals surface area contributed by atoms with Crippen LogP contribution >= 0.6 is 0 Å². The maximum absolute atomic E-state index is 12.9.